The maximum absolute atomic E-state index is 13.2. The molecule has 0 spiro atoms. The van der Waals surface area contributed by atoms with Gasteiger partial charge in [-0.05, 0) is 29.8 Å². The van der Waals surface area contributed by atoms with E-state index in [0.717, 1.165) is 5.56 Å². The summed E-state index contributed by atoms with van der Waals surface area (Å²) in [6.45, 7) is 2.41. The van der Waals surface area contributed by atoms with E-state index in [1.165, 1.54) is 4.31 Å². The molecule has 1 heterocycles. The molecule has 138 valence electrons. The quantitative estimate of drug-likeness (QED) is 0.807. The van der Waals surface area contributed by atoms with Crippen LogP contribution in [0.25, 0.3) is 0 Å². The molecule has 0 saturated carbocycles. The summed E-state index contributed by atoms with van der Waals surface area (Å²) in [6.07, 6.45) is -0.329. The zero-order valence-electron chi connectivity index (χ0n) is 14.8. The smallest absolute Gasteiger partial charge is 0.245 e. The van der Waals surface area contributed by atoms with Crippen molar-refractivity contribution in [1.82, 2.24) is 9.21 Å². The van der Waals surface area contributed by atoms with Crippen molar-refractivity contribution in [3.8, 4) is 5.75 Å². The summed E-state index contributed by atoms with van der Waals surface area (Å²) in [5.41, 5.74) is 0.740. The summed E-state index contributed by atoms with van der Waals surface area (Å²) >= 11 is 0. The van der Waals surface area contributed by atoms with Gasteiger partial charge in [0, 0.05) is 19.5 Å². The zero-order chi connectivity index (χ0) is 18.7. The number of sulfonamides is 1. The van der Waals surface area contributed by atoms with E-state index in [2.05, 4.69) is 0 Å². The van der Waals surface area contributed by atoms with Crippen molar-refractivity contribution in [3.63, 3.8) is 0 Å². The average Bonchev–Trinajstić information content (AvgIpc) is 3.14. The second kappa shape index (κ2) is 7.47. The van der Waals surface area contributed by atoms with E-state index in [9.17, 15) is 13.2 Å². The lowest BCUT2D eigenvalue weighted by Crippen LogP contribution is -2.37. The fourth-order valence-corrected chi connectivity index (χ4v) is 4.76. The van der Waals surface area contributed by atoms with Crippen LogP contribution in [-0.2, 0) is 14.8 Å². The largest absolute Gasteiger partial charge is 0.497 e. The maximum atomic E-state index is 13.2. The SMILES string of the molecule is CCC(=O)N1CCN(S(=O)(=O)c2ccccc2)C1c1ccc(OC)cc1. The van der Waals surface area contributed by atoms with Crippen molar-refractivity contribution < 1.29 is 17.9 Å². The van der Waals surface area contributed by atoms with E-state index >= 15 is 0 Å². The third-order valence-electron chi connectivity index (χ3n) is 4.52. The summed E-state index contributed by atoms with van der Waals surface area (Å²) in [7, 11) is -2.15. The van der Waals surface area contributed by atoms with Gasteiger partial charge in [-0.25, -0.2) is 8.42 Å². The molecule has 1 atom stereocenters. The van der Waals surface area contributed by atoms with Crippen LogP contribution < -0.4 is 4.74 Å². The number of amides is 1. The Hall–Kier alpha value is -2.38. The highest BCUT2D eigenvalue weighted by molar-refractivity contribution is 7.89. The summed E-state index contributed by atoms with van der Waals surface area (Å²) in [4.78, 5) is 14.3. The third kappa shape index (κ3) is 3.32. The molecule has 0 aromatic heterocycles. The van der Waals surface area contributed by atoms with Gasteiger partial charge in [-0.3, -0.25) is 4.79 Å². The minimum Gasteiger partial charge on any atom is -0.497 e. The highest BCUT2D eigenvalue weighted by Gasteiger charge is 2.42. The molecule has 26 heavy (non-hydrogen) atoms. The van der Waals surface area contributed by atoms with Crippen LogP contribution in [0.15, 0.2) is 59.5 Å². The molecular formula is C19H22N2O4S. The molecule has 1 unspecified atom stereocenters. The highest BCUT2D eigenvalue weighted by Crippen LogP contribution is 2.35. The number of carbonyl (C=O) groups excluding carboxylic acids is 1. The first-order valence-corrected chi connectivity index (χ1v) is 9.93. The second-order valence-electron chi connectivity index (χ2n) is 6.02. The standard InChI is InChI=1S/C19H22N2O4S/c1-3-18(22)20-13-14-21(26(23,24)17-7-5-4-6-8-17)19(20)15-9-11-16(25-2)12-10-15/h4-12,19H,3,13-14H2,1-2H3. The summed E-state index contributed by atoms with van der Waals surface area (Å²) < 4.78 is 32.9. The molecular weight excluding hydrogens is 352 g/mol. The Kier molecular flexibility index (Phi) is 5.29. The Bertz CT molecular complexity index is 866. The number of hydrogen-bond acceptors (Lipinski definition) is 4. The lowest BCUT2D eigenvalue weighted by atomic mass is 10.1. The first kappa shape index (κ1) is 18.4. The van der Waals surface area contributed by atoms with Gasteiger partial charge in [0.25, 0.3) is 0 Å². The van der Waals surface area contributed by atoms with Crippen LogP contribution in [-0.4, -0.2) is 43.7 Å². The molecule has 1 aliphatic rings. The molecule has 3 rings (SSSR count). The van der Waals surface area contributed by atoms with Crippen molar-refractivity contribution in [2.45, 2.75) is 24.4 Å². The Balaban J connectivity index is 2.04. The minimum absolute atomic E-state index is 0.0726. The highest BCUT2D eigenvalue weighted by atomic mass is 32.2. The molecule has 2 aromatic rings. The first-order valence-electron chi connectivity index (χ1n) is 8.49. The van der Waals surface area contributed by atoms with Crippen LogP contribution in [0.1, 0.15) is 25.1 Å². The maximum Gasteiger partial charge on any atom is 0.245 e. The van der Waals surface area contributed by atoms with Gasteiger partial charge in [0.15, 0.2) is 0 Å². The topological polar surface area (TPSA) is 66.9 Å². The number of ether oxygens (including phenoxy) is 1. The number of benzene rings is 2. The zero-order valence-corrected chi connectivity index (χ0v) is 15.6. The van der Waals surface area contributed by atoms with E-state index in [1.807, 2.05) is 0 Å². The van der Waals surface area contributed by atoms with Crippen molar-refractivity contribution in [2.24, 2.45) is 0 Å². The molecule has 2 aromatic carbocycles. The Morgan fingerprint density at radius 2 is 1.73 bits per heavy atom. The lowest BCUT2D eigenvalue weighted by molar-refractivity contribution is -0.132. The number of hydrogen-bond donors (Lipinski definition) is 0. The summed E-state index contributed by atoms with van der Waals surface area (Å²) in [5.74, 6) is 0.606. The number of rotatable bonds is 5. The molecule has 1 amide bonds. The monoisotopic (exact) mass is 374 g/mol. The van der Waals surface area contributed by atoms with Gasteiger partial charge in [0.05, 0.1) is 12.0 Å². The van der Waals surface area contributed by atoms with Crippen LogP contribution in [0.2, 0.25) is 0 Å². The molecule has 0 bridgehead atoms. The number of methoxy groups -OCH3 is 1. The van der Waals surface area contributed by atoms with Crippen LogP contribution >= 0.6 is 0 Å². The Labute approximate surface area is 154 Å². The summed E-state index contributed by atoms with van der Waals surface area (Å²) in [5, 5.41) is 0. The molecule has 1 aliphatic heterocycles. The average molecular weight is 374 g/mol. The first-order chi connectivity index (χ1) is 12.5. The van der Waals surface area contributed by atoms with Gasteiger partial charge in [-0.2, -0.15) is 4.31 Å². The van der Waals surface area contributed by atoms with Crippen LogP contribution in [0.3, 0.4) is 0 Å². The van der Waals surface area contributed by atoms with Crippen molar-refractivity contribution in [3.05, 3.63) is 60.2 Å². The number of nitrogens with zero attached hydrogens (tertiary/aromatic N) is 2. The summed E-state index contributed by atoms with van der Waals surface area (Å²) in [6, 6.07) is 15.5. The predicted octanol–water partition coefficient (Wildman–Crippen LogP) is 2.64. The fourth-order valence-electron chi connectivity index (χ4n) is 3.17. The number of carbonyl (C=O) groups is 1. The van der Waals surface area contributed by atoms with E-state index in [1.54, 1.807) is 73.5 Å². The van der Waals surface area contributed by atoms with Gasteiger partial charge in [0.1, 0.15) is 11.9 Å². The normalized spacial score (nSPS) is 18.1. The predicted molar refractivity (Wildman–Crippen MR) is 98.1 cm³/mol. The third-order valence-corrected chi connectivity index (χ3v) is 6.38. The van der Waals surface area contributed by atoms with Crippen molar-refractivity contribution in [2.75, 3.05) is 20.2 Å². The van der Waals surface area contributed by atoms with Gasteiger partial charge in [0.2, 0.25) is 15.9 Å². The van der Waals surface area contributed by atoms with Crippen LogP contribution in [0, 0.1) is 0 Å². The van der Waals surface area contributed by atoms with E-state index in [-0.39, 0.29) is 17.3 Å². The molecule has 1 fully saturated rings. The van der Waals surface area contributed by atoms with Gasteiger partial charge >= 0.3 is 0 Å². The van der Waals surface area contributed by atoms with Crippen molar-refractivity contribution in [1.29, 1.82) is 0 Å². The van der Waals surface area contributed by atoms with E-state index in [4.69, 9.17) is 4.74 Å². The van der Waals surface area contributed by atoms with E-state index in [0.29, 0.717) is 18.7 Å². The van der Waals surface area contributed by atoms with Gasteiger partial charge in [-0.1, -0.05) is 37.3 Å². The van der Waals surface area contributed by atoms with Crippen LogP contribution in [0.5, 0.6) is 5.75 Å². The molecule has 7 heteroatoms. The van der Waals surface area contributed by atoms with Gasteiger partial charge in [-0.15, -0.1) is 0 Å². The lowest BCUT2D eigenvalue weighted by Gasteiger charge is -2.30. The molecule has 6 nitrogen and oxygen atoms in total. The molecule has 0 N–H and O–H groups in total. The Morgan fingerprint density at radius 1 is 1.08 bits per heavy atom. The Morgan fingerprint density at radius 3 is 2.31 bits per heavy atom. The van der Waals surface area contributed by atoms with Gasteiger partial charge < -0.3 is 9.64 Å². The van der Waals surface area contributed by atoms with E-state index < -0.39 is 16.2 Å². The van der Waals surface area contributed by atoms with Crippen molar-refractivity contribution >= 4 is 15.9 Å². The molecule has 0 aliphatic carbocycles. The second-order valence-corrected chi connectivity index (χ2v) is 7.91. The minimum atomic E-state index is -3.72. The fraction of sp³-hybridized carbons (Fsp3) is 0.316. The molecule has 0 radical (unpaired) electrons. The molecule has 1 saturated heterocycles. The van der Waals surface area contributed by atoms with Crippen LogP contribution in [0.4, 0.5) is 0 Å².